The van der Waals surface area contributed by atoms with E-state index in [1.165, 1.54) is 16.3 Å². The Morgan fingerprint density at radius 1 is 1.19 bits per heavy atom. The van der Waals surface area contributed by atoms with Gasteiger partial charge in [0, 0.05) is 19.3 Å². The van der Waals surface area contributed by atoms with Crippen LogP contribution in [0.2, 0.25) is 0 Å². The summed E-state index contributed by atoms with van der Waals surface area (Å²) < 4.78 is 1.51. The number of amides is 1. The Kier molecular flexibility index (Phi) is 4.94. The molecule has 7 heteroatoms. The van der Waals surface area contributed by atoms with E-state index in [9.17, 15) is 9.59 Å². The van der Waals surface area contributed by atoms with E-state index in [1.807, 2.05) is 42.2 Å². The second kappa shape index (κ2) is 7.52. The Hall–Kier alpha value is -2.67. The third-order valence-electron chi connectivity index (χ3n) is 4.66. The molecule has 1 amide bonds. The van der Waals surface area contributed by atoms with Gasteiger partial charge in [-0.15, -0.1) is 0 Å². The van der Waals surface area contributed by atoms with Crippen molar-refractivity contribution in [2.75, 3.05) is 18.8 Å². The number of aromatic nitrogens is 3. The summed E-state index contributed by atoms with van der Waals surface area (Å²) in [6.07, 6.45) is 3.79. The SMILES string of the molecule is Cc1ccnc(-n2c(SCC(=O)N3CCCC3)nc3ccccc3c2=O)c1. The highest BCUT2D eigenvalue weighted by molar-refractivity contribution is 7.99. The van der Waals surface area contributed by atoms with E-state index in [0.29, 0.717) is 21.9 Å². The Morgan fingerprint density at radius 3 is 2.74 bits per heavy atom. The first-order chi connectivity index (χ1) is 13.1. The average molecular weight is 380 g/mol. The fourth-order valence-corrected chi connectivity index (χ4v) is 4.14. The highest BCUT2D eigenvalue weighted by atomic mass is 32.2. The summed E-state index contributed by atoms with van der Waals surface area (Å²) in [5.41, 5.74) is 1.46. The molecule has 4 rings (SSSR count). The van der Waals surface area contributed by atoms with Crippen LogP contribution in [-0.2, 0) is 4.79 Å². The van der Waals surface area contributed by atoms with Gasteiger partial charge in [0.05, 0.1) is 16.7 Å². The van der Waals surface area contributed by atoms with E-state index in [-0.39, 0.29) is 17.2 Å². The number of rotatable bonds is 4. The van der Waals surface area contributed by atoms with Gasteiger partial charge in [0.15, 0.2) is 5.16 Å². The van der Waals surface area contributed by atoms with E-state index >= 15 is 0 Å². The molecule has 0 spiro atoms. The van der Waals surface area contributed by atoms with Crippen LogP contribution in [0.25, 0.3) is 16.7 Å². The molecule has 0 atom stereocenters. The van der Waals surface area contributed by atoms with E-state index in [4.69, 9.17) is 0 Å². The molecule has 1 aromatic carbocycles. The highest BCUT2D eigenvalue weighted by Crippen LogP contribution is 2.22. The number of hydrogen-bond donors (Lipinski definition) is 0. The van der Waals surface area contributed by atoms with Crippen molar-refractivity contribution >= 4 is 28.6 Å². The Labute approximate surface area is 161 Å². The van der Waals surface area contributed by atoms with Gasteiger partial charge in [-0.2, -0.15) is 0 Å². The van der Waals surface area contributed by atoms with Crippen LogP contribution in [0.4, 0.5) is 0 Å². The van der Waals surface area contributed by atoms with E-state index in [0.717, 1.165) is 31.5 Å². The number of hydrogen-bond acceptors (Lipinski definition) is 5. The van der Waals surface area contributed by atoms with Crippen molar-refractivity contribution in [3.63, 3.8) is 0 Å². The monoisotopic (exact) mass is 380 g/mol. The predicted molar refractivity (Wildman–Crippen MR) is 106 cm³/mol. The number of aryl methyl sites for hydroxylation is 1. The van der Waals surface area contributed by atoms with Crippen molar-refractivity contribution in [1.82, 2.24) is 19.4 Å². The minimum atomic E-state index is -0.171. The number of para-hydroxylation sites is 1. The molecule has 2 aromatic heterocycles. The molecule has 138 valence electrons. The van der Waals surface area contributed by atoms with Crippen LogP contribution in [-0.4, -0.2) is 44.2 Å². The van der Waals surface area contributed by atoms with Gasteiger partial charge in [-0.05, 0) is 49.6 Å². The summed E-state index contributed by atoms with van der Waals surface area (Å²) in [5, 5.41) is 1.03. The lowest BCUT2D eigenvalue weighted by molar-refractivity contribution is -0.127. The first-order valence-electron chi connectivity index (χ1n) is 8.99. The number of thioether (sulfide) groups is 1. The number of fused-ring (bicyclic) bond motifs is 1. The summed E-state index contributed by atoms with van der Waals surface area (Å²) >= 11 is 1.29. The maximum absolute atomic E-state index is 13.1. The summed E-state index contributed by atoms with van der Waals surface area (Å²) in [6.45, 7) is 3.59. The number of carbonyl (C=O) groups excluding carboxylic acids is 1. The third-order valence-corrected chi connectivity index (χ3v) is 5.58. The molecule has 1 saturated heterocycles. The van der Waals surface area contributed by atoms with Crippen molar-refractivity contribution in [2.45, 2.75) is 24.9 Å². The van der Waals surface area contributed by atoms with Crippen molar-refractivity contribution in [1.29, 1.82) is 0 Å². The van der Waals surface area contributed by atoms with Gasteiger partial charge >= 0.3 is 0 Å². The lowest BCUT2D eigenvalue weighted by Crippen LogP contribution is -2.30. The van der Waals surface area contributed by atoms with Crippen LogP contribution in [0.3, 0.4) is 0 Å². The van der Waals surface area contributed by atoms with Crippen molar-refractivity contribution in [3.8, 4) is 5.82 Å². The molecule has 1 aliphatic rings. The van der Waals surface area contributed by atoms with Gasteiger partial charge in [0.1, 0.15) is 5.82 Å². The van der Waals surface area contributed by atoms with Crippen molar-refractivity contribution < 1.29 is 4.79 Å². The van der Waals surface area contributed by atoms with Crippen LogP contribution < -0.4 is 5.56 Å². The normalized spacial score (nSPS) is 14.0. The maximum Gasteiger partial charge on any atom is 0.267 e. The molecule has 6 nitrogen and oxygen atoms in total. The Bertz CT molecular complexity index is 1060. The Morgan fingerprint density at radius 2 is 1.96 bits per heavy atom. The standard InChI is InChI=1S/C20H20N4O2S/c1-14-8-9-21-17(12-14)24-19(26)15-6-2-3-7-16(15)22-20(24)27-13-18(25)23-10-4-5-11-23/h2-3,6-9,12H,4-5,10-11,13H2,1H3. The summed E-state index contributed by atoms with van der Waals surface area (Å²) in [4.78, 5) is 36.5. The molecule has 0 N–H and O–H groups in total. The van der Waals surface area contributed by atoms with Crippen molar-refractivity contribution in [3.05, 3.63) is 58.5 Å². The van der Waals surface area contributed by atoms with Gasteiger partial charge in [-0.25, -0.2) is 14.5 Å². The van der Waals surface area contributed by atoms with Gasteiger partial charge in [-0.1, -0.05) is 23.9 Å². The van der Waals surface area contributed by atoms with E-state index in [1.54, 1.807) is 12.3 Å². The quantitative estimate of drug-likeness (QED) is 0.514. The zero-order chi connectivity index (χ0) is 18.8. The fourth-order valence-electron chi connectivity index (χ4n) is 3.24. The minimum Gasteiger partial charge on any atom is -0.342 e. The molecule has 0 saturated carbocycles. The molecule has 0 aliphatic carbocycles. The molecular weight excluding hydrogens is 360 g/mol. The van der Waals surface area contributed by atoms with E-state index < -0.39 is 0 Å². The second-order valence-electron chi connectivity index (χ2n) is 6.62. The molecule has 1 aliphatic heterocycles. The van der Waals surface area contributed by atoms with Gasteiger partial charge in [0.2, 0.25) is 5.91 Å². The van der Waals surface area contributed by atoms with Crippen LogP contribution >= 0.6 is 11.8 Å². The minimum absolute atomic E-state index is 0.0867. The summed E-state index contributed by atoms with van der Waals surface area (Å²) in [6, 6.07) is 11.0. The Balaban J connectivity index is 1.76. The lowest BCUT2D eigenvalue weighted by atomic mass is 10.2. The lowest BCUT2D eigenvalue weighted by Gasteiger charge is -2.16. The zero-order valence-corrected chi connectivity index (χ0v) is 15.9. The topological polar surface area (TPSA) is 68.1 Å². The molecule has 27 heavy (non-hydrogen) atoms. The van der Waals surface area contributed by atoms with E-state index in [2.05, 4.69) is 9.97 Å². The zero-order valence-electron chi connectivity index (χ0n) is 15.1. The van der Waals surface area contributed by atoms with Crippen LogP contribution in [0.1, 0.15) is 18.4 Å². The molecule has 0 bridgehead atoms. The molecule has 3 heterocycles. The average Bonchev–Trinajstić information content (AvgIpc) is 3.21. The molecule has 1 fully saturated rings. The van der Waals surface area contributed by atoms with Crippen LogP contribution in [0.5, 0.6) is 0 Å². The highest BCUT2D eigenvalue weighted by Gasteiger charge is 2.20. The number of pyridine rings is 1. The first-order valence-corrected chi connectivity index (χ1v) is 9.97. The molecule has 0 unspecified atom stereocenters. The van der Waals surface area contributed by atoms with Crippen LogP contribution in [0.15, 0.2) is 52.5 Å². The summed E-state index contributed by atoms with van der Waals surface area (Å²) in [7, 11) is 0. The maximum atomic E-state index is 13.1. The second-order valence-corrected chi connectivity index (χ2v) is 7.56. The van der Waals surface area contributed by atoms with Gasteiger partial charge < -0.3 is 4.90 Å². The van der Waals surface area contributed by atoms with Crippen molar-refractivity contribution in [2.24, 2.45) is 0 Å². The first kappa shape index (κ1) is 17.7. The largest absolute Gasteiger partial charge is 0.342 e. The number of benzene rings is 1. The molecule has 3 aromatic rings. The summed E-state index contributed by atoms with van der Waals surface area (Å²) in [5.74, 6) is 0.870. The van der Waals surface area contributed by atoms with Crippen LogP contribution in [0, 0.1) is 6.92 Å². The molecular formula is C20H20N4O2S. The predicted octanol–water partition coefficient (Wildman–Crippen LogP) is 2.80. The fraction of sp³-hybridized carbons (Fsp3) is 0.300. The van der Waals surface area contributed by atoms with Gasteiger partial charge in [-0.3, -0.25) is 9.59 Å². The number of likely N-dealkylation sites (tertiary alicyclic amines) is 1. The third kappa shape index (κ3) is 3.60. The van der Waals surface area contributed by atoms with Gasteiger partial charge in [0.25, 0.3) is 5.56 Å². The molecule has 0 radical (unpaired) electrons. The smallest absolute Gasteiger partial charge is 0.267 e. The number of nitrogens with zero attached hydrogens (tertiary/aromatic N) is 4. The number of carbonyl (C=O) groups is 1.